The predicted octanol–water partition coefficient (Wildman–Crippen LogP) is 4.88. The minimum absolute atomic E-state index is 0.0547. The fourth-order valence-electron chi connectivity index (χ4n) is 5.16. The second-order valence-corrected chi connectivity index (χ2v) is 11.3. The number of primary amides is 1. The maximum Gasteiger partial charge on any atom is 0.253 e. The largest absolute Gasteiger partial charge is 0.491 e. The Balaban J connectivity index is 1.65. The van der Waals surface area contributed by atoms with Gasteiger partial charge in [0.1, 0.15) is 24.0 Å². The minimum atomic E-state index is -0.901. The number of nitrogens with zero attached hydrogens (tertiary/aromatic N) is 1. The summed E-state index contributed by atoms with van der Waals surface area (Å²) in [6.07, 6.45) is 1.09. The third-order valence-electron chi connectivity index (χ3n) is 7.45. The van der Waals surface area contributed by atoms with E-state index in [-0.39, 0.29) is 46.5 Å². The zero-order valence-electron chi connectivity index (χ0n) is 26.6. The van der Waals surface area contributed by atoms with E-state index in [1.54, 1.807) is 36.4 Å². The Labute approximate surface area is 281 Å². The molecule has 254 valence electrons. The van der Waals surface area contributed by atoms with Crippen molar-refractivity contribution in [3.05, 3.63) is 111 Å². The second-order valence-electron chi connectivity index (χ2n) is 10.9. The molecule has 0 radical (unpaired) electrons. The Morgan fingerprint density at radius 3 is 2.25 bits per heavy atom. The fraction of sp³-hybridized carbons (Fsp3) is 0.286. The number of amides is 2. The molecule has 2 amide bonds. The molecule has 3 aromatic carbocycles. The lowest BCUT2D eigenvalue weighted by molar-refractivity contribution is -0.118. The molecule has 0 aliphatic heterocycles. The van der Waals surface area contributed by atoms with Gasteiger partial charge < -0.3 is 35.6 Å². The highest BCUT2D eigenvalue weighted by molar-refractivity contribution is 6.30. The summed E-state index contributed by atoms with van der Waals surface area (Å²) >= 11 is 6.15. The van der Waals surface area contributed by atoms with E-state index in [1.165, 1.54) is 36.9 Å². The van der Waals surface area contributed by atoms with Crippen LogP contribution in [0.15, 0.2) is 66.9 Å². The van der Waals surface area contributed by atoms with Gasteiger partial charge in [0.05, 0.1) is 50.1 Å². The third-order valence-corrected chi connectivity index (χ3v) is 7.68. The van der Waals surface area contributed by atoms with Crippen LogP contribution < -0.4 is 21.5 Å². The van der Waals surface area contributed by atoms with Gasteiger partial charge in [-0.15, -0.1) is 0 Å². The molecule has 0 saturated heterocycles. The summed E-state index contributed by atoms with van der Waals surface area (Å²) in [6, 6.07) is 13.8. The number of hydrogen-bond donors (Lipinski definition) is 3. The van der Waals surface area contributed by atoms with Gasteiger partial charge in [-0.2, -0.15) is 0 Å². The molecule has 0 saturated carbocycles. The van der Waals surface area contributed by atoms with Crippen LogP contribution in [0.5, 0.6) is 5.75 Å². The third kappa shape index (κ3) is 9.04. The quantitative estimate of drug-likeness (QED) is 0.106. The number of rotatable bonds is 17. The summed E-state index contributed by atoms with van der Waals surface area (Å²) in [5.41, 5.74) is 11.0. The Bertz CT molecular complexity index is 1760. The molecule has 1 heterocycles. The minimum Gasteiger partial charge on any atom is -0.491 e. The van der Waals surface area contributed by atoms with Crippen LogP contribution in [0.1, 0.15) is 50.0 Å². The van der Waals surface area contributed by atoms with Crippen molar-refractivity contribution in [2.45, 2.75) is 19.4 Å². The summed E-state index contributed by atoms with van der Waals surface area (Å²) in [5.74, 6) is -3.06. The number of nitrogens with one attached hydrogen (secondary N) is 1. The highest BCUT2D eigenvalue weighted by Crippen LogP contribution is 2.37. The summed E-state index contributed by atoms with van der Waals surface area (Å²) in [6.45, 7) is 3.66. The van der Waals surface area contributed by atoms with Crippen LogP contribution >= 0.6 is 11.6 Å². The number of aryl methyl sites for hydroxylation is 1. The fourth-order valence-corrected chi connectivity index (χ4v) is 5.36. The van der Waals surface area contributed by atoms with Crippen molar-refractivity contribution in [2.24, 2.45) is 18.5 Å². The molecule has 0 bridgehead atoms. The molecule has 48 heavy (non-hydrogen) atoms. The predicted molar refractivity (Wildman–Crippen MR) is 177 cm³/mol. The number of ether oxygens (including phenoxy) is 3. The van der Waals surface area contributed by atoms with E-state index in [2.05, 4.69) is 5.32 Å². The van der Waals surface area contributed by atoms with Crippen LogP contribution in [0, 0.1) is 18.6 Å². The molecule has 4 aromatic rings. The maximum atomic E-state index is 15.5. The average Bonchev–Trinajstić information content (AvgIpc) is 3.40. The molecule has 10 nitrogen and oxygen atoms in total. The van der Waals surface area contributed by atoms with E-state index in [0.717, 1.165) is 12.1 Å². The number of benzene rings is 3. The number of ketones is 1. The molecule has 13 heteroatoms. The first-order valence-corrected chi connectivity index (χ1v) is 15.5. The van der Waals surface area contributed by atoms with Gasteiger partial charge in [0.25, 0.3) is 5.91 Å². The van der Waals surface area contributed by atoms with Crippen molar-refractivity contribution in [2.75, 3.05) is 39.6 Å². The van der Waals surface area contributed by atoms with Gasteiger partial charge in [-0.3, -0.25) is 14.4 Å². The summed E-state index contributed by atoms with van der Waals surface area (Å²) in [7, 11) is 1.52. The highest BCUT2D eigenvalue weighted by Gasteiger charge is 2.31. The lowest BCUT2D eigenvalue weighted by atomic mass is 9.92. The number of aromatic nitrogens is 1. The lowest BCUT2D eigenvalue weighted by Gasteiger charge is -2.19. The molecule has 0 aliphatic rings. The van der Waals surface area contributed by atoms with E-state index in [1.807, 2.05) is 0 Å². The Morgan fingerprint density at radius 1 is 0.917 bits per heavy atom. The summed E-state index contributed by atoms with van der Waals surface area (Å²) in [4.78, 5) is 39.9. The van der Waals surface area contributed by atoms with Crippen LogP contribution in [0.3, 0.4) is 0 Å². The van der Waals surface area contributed by atoms with Crippen molar-refractivity contribution in [3.63, 3.8) is 0 Å². The van der Waals surface area contributed by atoms with E-state index in [9.17, 15) is 18.8 Å². The second kappa shape index (κ2) is 17.0. The van der Waals surface area contributed by atoms with E-state index >= 15 is 4.39 Å². The Hall–Kier alpha value is -4.62. The average molecular weight is 683 g/mol. The first kappa shape index (κ1) is 36.2. The standard InChI is InChI=1S/C35H37ClF2N4O6/c1-21-27(37)10-11-28(38)31(21)32-26(35(45)41-29(19-30(40)43)23-4-3-5-24(36)18-23)20-42(2)33(32)34(44)22-6-8-25(9-7-22)48-17-16-47-15-14-46-13-12-39/h3-11,18,20,29H,12-17,19,39H2,1-2H3,(H2,40,43)(H,41,45)/t29-/m0/s1. The molecule has 0 aliphatic carbocycles. The van der Waals surface area contributed by atoms with Crippen molar-refractivity contribution < 1.29 is 37.4 Å². The molecular formula is C35H37ClF2N4O6. The van der Waals surface area contributed by atoms with Gasteiger partial charge in [-0.05, 0) is 66.6 Å². The topological polar surface area (TPSA) is 148 Å². The normalized spacial score (nSPS) is 11.7. The van der Waals surface area contributed by atoms with Crippen LogP contribution in [0.4, 0.5) is 8.78 Å². The molecule has 4 rings (SSSR count). The van der Waals surface area contributed by atoms with Crippen LogP contribution in [-0.4, -0.2) is 61.7 Å². The lowest BCUT2D eigenvalue weighted by Crippen LogP contribution is -2.32. The van der Waals surface area contributed by atoms with Gasteiger partial charge in [0, 0.05) is 41.5 Å². The molecule has 1 atom stereocenters. The van der Waals surface area contributed by atoms with Crippen LogP contribution in [-0.2, 0) is 21.3 Å². The first-order chi connectivity index (χ1) is 23.0. The van der Waals surface area contributed by atoms with Crippen molar-refractivity contribution >= 4 is 29.2 Å². The number of hydrogen-bond acceptors (Lipinski definition) is 7. The number of nitrogens with two attached hydrogens (primary N) is 2. The zero-order chi connectivity index (χ0) is 34.8. The van der Waals surface area contributed by atoms with Gasteiger partial charge in [0.15, 0.2) is 0 Å². The number of halogens is 3. The maximum absolute atomic E-state index is 15.5. The van der Waals surface area contributed by atoms with Gasteiger partial charge >= 0.3 is 0 Å². The van der Waals surface area contributed by atoms with Crippen molar-refractivity contribution in [1.29, 1.82) is 0 Å². The van der Waals surface area contributed by atoms with E-state index in [4.69, 9.17) is 37.3 Å². The Morgan fingerprint density at radius 2 is 1.58 bits per heavy atom. The van der Waals surface area contributed by atoms with Crippen molar-refractivity contribution in [3.8, 4) is 16.9 Å². The monoisotopic (exact) mass is 682 g/mol. The van der Waals surface area contributed by atoms with E-state index < -0.39 is 35.3 Å². The molecule has 1 aromatic heterocycles. The SMILES string of the molecule is Cc1c(F)ccc(F)c1-c1c(C(=O)N[C@@H](CC(N)=O)c2cccc(Cl)c2)cn(C)c1C(=O)c1ccc(OCCOCCOCCN)cc1. The Kier molecular flexibility index (Phi) is 12.8. The van der Waals surface area contributed by atoms with Gasteiger partial charge in [-0.1, -0.05) is 23.7 Å². The molecule has 0 unspecified atom stereocenters. The summed E-state index contributed by atoms with van der Waals surface area (Å²) in [5, 5.41) is 3.13. The van der Waals surface area contributed by atoms with Gasteiger partial charge in [0.2, 0.25) is 11.7 Å². The number of carbonyl (C=O) groups excluding carboxylic acids is 3. The smallest absolute Gasteiger partial charge is 0.253 e. The zero-order valence-corrected chi connectivity index (χ0v) is 27.3. The van der Waals surface area contributed by atoms with Gasteiger partial charge in [-0.25, -0.2) is 8.78 Å². The summed E-state index contributed by atoms with van der Waals surface area (Å²) < 4.78 is 48.2. The highest BCUT2D eigenvalue weighted by atomic mass is 35.5. The van der Waals surface area contributed by atoms with Crippen LogP contribution in [0.2, 0.25) is 5.02 Å². The van der Waals surface area contributed by atoms with Crippen LogP contribution in [0.25, 0.3) is 11.1 Å². The molecular weight excluding hydrogens is 646 g/mol. The molecule has 5 N–H and O–H groups in total. The number of carbonyl (C=O) groups is 3. The molecule has 0 spiro atoms. The first-order valence-electron chi connectivity index (χ1n) is 15.1. The van der Waals surface area contributed by atoms with Crippen molar-refractivity contribution in [1.82, 2.24) is 9.88 Å². The molecule has 0 fully saturated rings. The van der Waals surface area contributed by atoms with E-state index in [0.29, 0.717) is 49.3 Å².